The van der Waals surface area contributed by atoms with Crippen molar-refractivity contribution in [3.05, 3.63) is 52.8 Å². The van der Waals surface area contributed by atoms with Gasteiger partial charge in [-0.25, -0.2) is 0 Å². The molecule has 1 aromatic heterocycles. The van der Waals surface area contributed by atoms with Gasteiger partial charge in [0, 0.05) is 19.3 Å². The minimum absolute atomic E-state index is 0.189. The van der Waals surface area contributed by atoms with Gasteiger partial charge in [-0.1, -0.05) is 36.8 Å². The summed E-state index contributed by atoms with van der Waals surface area (Å²) in [5.41, 5.74) is 5.09. The smallest absolute Gasteiger partial charge is 0.236 e. The Balaban J connectivity index is 1.32. The first-order chi connectivity index (χ1) is 13.2. The molecule has 2 aromatic rings. The van der Waals surface area contributed by atoms with Crippen LogP contribution in [0.25, 0.3) is 0 Å². The quantitative estimate of drug-likeness (QED) is 0.827. The van der Waals surface area contributed by atoms with Gasteiger partial charge >= 0.3 is 0 Å². The molecule has 27 heavy (non-hydrogen) atoms. The molecule has 5 heteroatoms. The Labute approximate surface area is 161 Å². The van der Waals surface area contributed by atoms with Crippen LogP contribution in [0.2, 0.25) is 0 Å². The molecule has 1 amide bonds. The number of likely N-dealkylation sites (tertiary alicyclic amines) is 1. The summed E-state index contributed by atoms with van der Waals surface area (Å²) in [5.74, 6) is 0.737. The first-order valence-corrected chi connectivity index (χ1v) is 10.3. The van der Waals surface area contributed by atoms with E-state index in [0.717, 1.165) is 38.0 Å². The van der Waals surface area contributed by atoms with Crippen molar-refractivity contribution in [2.24, 2.45) is 0 Å². The van der Waals surface area contributed by atoms with Crippen LogP contribution in [-0.2, 0) is 24.2 Å². The number of aromatic amines is 1. The van der Waals surface area contributed by atoms with Crippen molar-refractivity contribution in [3.63, 3.8) is 0 Å². The lowest BCUT2D eigenvalue weighted by Gasteiger charge is -2.21. The zero-order valence-corrected chi connectivity index (χ0v) is 16.3. The van der Waals surface area contributed by atoms with Crippen LogP contribution >= 0.6 is 0 Å². The third-order valence-corrected chi connectivity index (χ3v) is 6.11. The summed E-state index contributed by atoms with van der Waals surface area (Å²) in [7, 11) is 1.91. The number of nitrogens with zero attached hydrogens (tertiary/aromatic N) is 3. The average Bonchev–Trinajstić information content (AvgIpc) is 3.23. The van der Waals surface area contributed by atoms with E-state index in [2.05, 4.69) is 45.4 Å². The number of carbonyl (C=O) groups is 1. The Morgan fingerprint density at radius 2 is 2.04 bits per heavy atom. The van der Waals surface area contributed by atoms with Crippen molar-refractivity contribution in [1.29, 1.82) is 0 Å². The molecule has 1 saturated heterocycles. The third kappa shape index (κ3) is 4.24. The monoisotopic (exact) mass is 366 g/mol. The van der Waals surface area contributed by atoms with Crippen molar-refractivity contribution < 1.29 is 4.79 Å². The Morgan fingerprint density at radius 3 is 2.89 bits per heavy atom. The molecule has 0 saturated carbocycles. The Morgan fingerprint density at radius 1 is 1.22 bits per heavy atom. The maximum Gasteiger partial charge on any atom is 0.236 e. The molecule has 1 N–H and O–H groups in total. The molecule has 2 heterocycles. The number of amides is 1. The topological polar surface area (TPSA) is 52.2 Å². The van der Waals surface area contributed by atoms with Gasteiger partial charge in [-0.05, 0) is 55.7 Å². The highest BCUT2D eigenvalue weighted by Gasteiger charge is 2.26. The fourth-order valence-electron chi connectivity index (χ4n) is 4.46. The van der Waals surface area contributed by atoms with Crippen LogP contribution in [0.4, 0.5) is 0 Å². The molecule has 1 aromatic carbocycles. The van der Waals surface area contributed by atoms with E-state index >= 15 is 0 Å². The SMILES string of the molecule is CN(Cc1n[nH]c2c1CCCCC2)C(=O)CN1CC[C@H](c2ccccc2)C1. The lowest BCUT2D eigenvalue weighted by Crippen LogP contribution is -2.37. The highest BCUT2D eigenvalue weighted by atomic mass is 16.2. The van der Waals surface area contributed by atoms with Crippen LogP contribution < -0.4 is 0 Å². The maximum absolute atomic E-state index is 12.8. The van der Waals surface area contributed by atoms with E-state index in [0.29, 0.717) is 19.0 Å². The molecule has 2 aliphatic rings. The second-order valence-electron chi connectivity index (χ2n) is 8.07. The third-order valence-electron chi connectivity index (χ3n) is 6.11. The summed E-state index contributed by atoms with van der Waals surface area (Å²) in [6.45, 7) is 3.09. The Kier molecular flexibility index (Phi) is 5.58. The molecule has 0 spiro atoms. The predicted molar refractivity (Wildman–Crippen MR) is 107 cm³/mol. The number of hydrogen-bond donors (Lipinski definition) is 1. The van der Waals surface area contributed by atoms with Crippen LogP contribution in [0.15, 0.2) is 30.3 Å². The molecule has 0 unspecified atom stereocenters. The second-order valence-corrected chi connectivity index (χ2v) is 8.07. The van der Waals surface area contributed by atoms with Gasteiger partial charge in [0.2, 0.25) is 5.91 Å². The van der Waals surface area contributed by atoms with Gasteiger partial charge in [-0.2, -0.15) is 5.10 Å². The van der Waals surface area contributed by atoms with Crippen molar-refractivity contribution in [1.82, 2.24) is 20.0 Å². The van der Waals surface area contributed by atoms with Gasteiger partial charge in [-0.3, -0.25) is 14.8 Å². The summed E-state index contributed by atoms with van der Waals surface area (Å²) in [6.07, 6.45) is 7.07. The zero-order valence-electron chi connectivity index (χ0n) is 16.3. The minimum atomic E-state index is 0.189. The molecule has 1 atom stereocenters. The number of aryl methyl sites for hydroxylation is 1. The molecule has 4 rings (SSSR count). The van der Waals surface area contributed by atoms with E-state index in [4.69, 9.17) is 0 Å². The molecular formula is C22H30N4O. The molecule has 0 bridgehead atoms. The molecular weight excluding hydrogens is 336 g/mol. The number of benzene rings is 1. The summed E-state index contributed by atoms with van der Waals surface area (Å²) in [5, 5.41) is 7.72. The number of carbonyl (C=O) groups excluding carboxylic acids is 1. The normalized spacial score (nSPS) is 20.3. The molecule has 144 valence electrons. The fraction of sp³-hybridized carbons (Fsp3) is 0.545. The lowest BCUT2D eigenvalue weighted by atomic mass is 9.99. The second kappa shape index (κ2) is 8.26. The van der Waals surface area contributed by atoms with E-state index < -0.39 is 0 Å². The predicted octanol–water partition coefficient (Wildman–Crippen LogP) is 3.13. The minimum Gasteiger partial charge on any atom is -0.339 e. The van der Waals surface area contributed by atoms with Crippen LogP contribution in [0.3, 0.4) is 0 Å². The summed E-state index contributed by atoms with van der Waals surface area (Å²) >= 11 is 0. The summed E-state index contributed by atoms with van der Waals surface area (Å²) < 4.78 is 0. The lowest BCUT2D eigenvalue weighted by molar-refractivity contribution is -0.131. The van der Waals surface area contributed by atoms with Gasteiger partial charge in [0.15, 0.2) is 0 Å². The number of rotatable bonds is 5. The number of nitrogens with one attached hydrogen (secondary N) is 1. The van der Waals surface area contributed by atoms with Crippen LogP contribution in [-0.4, -0.2) is 52.6 Å². The molecule has 1 fully saturated rings. The van der Waals surface area contributed by atoms with Gasteiger partial charge < -0.3 is 4.90 Å². The number of likely N-dealkylation sites (N-methyl/N-ethyl adjacent to an activating group) is 1. The van der Waals surface area contributed by atoms with E-state index in [1.807, 2.05) is 11.9 Å². The molecule has 5 nitrogen and oxygen atoms in total. The number of hydrogen-bond acceptors (Lipinski definition) is 3. The Hall–Kier alpha value is -2.14. The van der Waals surface area contributed by atoms with Gasteiger partial charge in [0.05, 0.1) is 18.8 Å². The standard InChI is InChI=1S/C22H30N4O/c1-25(15-21-19-10-6-3-7-11-20(19)23-24-21)22(27)16-26-13-12-18(14-26)17-8-4-2-5-9-17/h2,4-5,8-9,18H,3,6-7,10-16H2,1H3,(H,23,24)/t18-/m0/s1. The summed E-state index contributed by atoms with van der Waals surface area (Å²) in [6, 6.07) is 10.7. The summed E-state index contributed by atoms with van der Waals surface area (Å²) in [4.78, 5) is 16.9. The molecule has 1 aliphatic carbocycles. The van der Waals surface area contributed by atoms with Crippen LogP contribution in [0.5, 0.6) is 0 Å². The van der Waals surface area contributed by atoms with E-state index in [1.54, 1.807) is 0 Å². The Bertz CT molecular complexity index is 770. The van der Waals surface area contributed by atoms with Crippen LogP contribution in [0, 0.1) is 0 Å². The van der Waals surface area contributed by atoms with E-state index in [9.17, 15) is 4.79 Å². The first-order valence-electron chi connectivity index (χ1n) is 10.3. The highest BCUT2D eigenvalue weighted by Crippen LogP contribution is 2.27. The van der Waals surface area contributed by atoms with E-state index in [1.165, 1.54) is 36.1 Å². The molecule has 0 radical (unpaired) electrons. The maximum atomic E-state index is 12.8. The van der Waals surface area contributed by atoms with Crippen molar-refractivity contribution in [2.75, 3.05) is 26.7 Å². The first kappa shape index (κ1) is 18.2. The largest absolute Gasteiger partial charge is 0.339 e. The van der Waals surface area contributed by atoms with Gasteiger partial charge in [-0.15, -0.1) is 0 Å². The average molecular weight is 367 g/mol. The number of fused-ring (bicyclic) bond motifs is 1. The fourth-order valence-corrected chi connectivity index (χ4v) is 4.46. The van der Waals surface area contributed by atoms with Crippen molar-refractivity contribution >= 4 is 5.91 Å². The van der Waals surface area contributed by atoms with Crippen molar-refractivity contribution in [2.45, 2.75) is 51.0 Å². The number of aromatic nitrogens is 2. The number of H-pyrrole nitrogens is 1. The van der Waals surface area contributed by atoms with Crippen LogP contribution in [0.1, 0.15) is 54.1 Å². The van der Waals surface area contributed by atoms with Gasteiger partial charge in [0.1, 0.15) is 0 Å². The van der Waals surface area contributed by atoms with Gasteiger partial charge in [0.25, 0.3) is 0 Å². The molecule has 1 aliphatic heterocycles. The highest BCUT2D eigenvalue weighted by molar-refractivity contribution is 5.78. The zero-order chi connectivity index (χ0) is 18.6. The van der Waals surface area contributed by atoms with Crippen molar-refractivity contribution in [3.8, 4) is 0 Å². The van der Waals surface area contributed by atoms with E-state index in [-0.39, 0.29) is 5.91 Å².